The predicted octanol–water partition coefficient (Wildman–Crippen LogP) is 4.50. The summed E-state index contributed by atoms with van der Waals surface area (Å²) in [6, 6.07) is 15.4. The van der Waals surface area contributed by atoms with Crippen molar-refractivity contribution in [2.24, 2.45) is 5.10 Å². The number of benzene rings is 2. The van der Waals surface area contributed by atoms with Gasteiger partial charge in [-0.05, 0) is 48.6 Å². The Kier molecular flexibility index (Phi) is 4.94. The molecule has 5 rings (SSSR count). The molecular formula is C22H24ClN5S. The summed E-state index contributed by atoms with van der Waals surface area (Å²) >= 11 is 8.01. The number of rotatable bonds is 3. The molecule has 150 valence electrons. The molecule has 3 atom stereocenters. The number of thioether (sulfide) groups is 1. The number of fused-ring (bicyclic) bond motifs is 3. The average molecular weight is 426 g/mol. The average Bonchev–Trinajstić information content (AvgIpc) is 3.33. The van der Waals surface area contributed by atoms with Crippen LogP contribution in [0.25, 0.3) is 0 Å². The number of hydrogen-bond acceptors (Lipinski definition) is 6. The molecule has 2 N–H and O–H groups in total. The zero-order chi connectivity index (χ0) is 20.0. The molecule has 3 aliphatic heterocycles. The van der Waals surface area contributed by atoms with Crippen LogP contribution in [0.2, 0.25) is 5.02 Å². The number of nitrogens with zero attached hydrogens (tertiary/aromatic N) is 3. The van der Waals surface area contributed by atoms with Gasteiger partial charge in [0.2, 0.25) is 0 Å². The topological polar surface area (TPSA) is 42.9 Å². The van der Waals surface area contributed by atoms with E-state index in [2.05, 4.69) is 76.4 Å². The molecule has 7 heteroatoms. The van der Waals surface area contributed by atoms with Gasteiger partial charge in [-0.15, -0.1) is 0 Å². The summed E-state index contributed by atoms with van der Waals surface area (Å²) in [5.74, 6) is 0.801. The Bertz CT molecular complexity index is 991. The van der Waals surface area contributed by atoms with Crippen molar-refractivity contribution in [3.8, 4) is 0 Å². The van der Waals surface area contributed by atoms with Gasteiger partial charge in [0.25, 0.3) is 0 Å². The quantitative estimate of drug-likeness (QED) is 0.758. The fourth-order valence-electron chi connectivity index (χ4n) is 4.11. The Labute approximate surface area is 180 Å². The van der Waals surface area contributed by atoms with Crippen LogP contribution in [0.15, 0.2) is 60.0 Å². The van der Waals surface area contributed by atoms with Crippen LogP contribution in [0.5, 0.6) is 0 Å². The number of halogens is 1. The van der Waals surface area contributed by atoms with E-state index in [0.29, 0.717) is 12.1 Å². The monoisotopic (exact) mass is 425 g/mol. The molecule has 2 aromatic carbocycles. The number of amidine groups is 1. The third kappa shape index (κ3) is 3.50. The van der Waals surface area contributed by atoms with Crippen molar-refractivity contribution in [2.45, 2.75) is 44.3 Å². The largest absolute Gasteiger partial charge is 0.306 e. The van der Waals surface area contributed by atoms with Crippen molar-refractivity contribution >= 4 is 28.5 Å². The Morgan fingerprint density at radius 1 is 1.14 bits per heavy atom. The molecule has 0 radical (unpaired) electrons. The molecule has 2 aromatic rings. The molecule has 0 aromatic heterocycles. The van der Waals surface area contributed by atoms with Crippen molar-refractivity contribution in [1.29, 1.82) is 0 Å². The van der Waals surface area contributed by atoms with E-state index >= 15 is 0 Å². The van der Waals surface area contributed by atoms with Gasteiger partial charge in [0.05, 0.1) is 12.1 Å². The minimum absolute atomic E-state index is 0.137. The van der Waals surface area contributed by atoms with Crippen molar-refractivity contribution in [1.82, 2.24) is 20.8 Å². The number of hydrogen-bond donors (Lipinski definition) is 2. The highest BCUT2D eigenvalue weighted by atomic mass is 35.5. The van der Waals surface area contributed by atoms with Crippen LogP contribution in [0.4, 0.5) is 0 Å². The molecule has 0 amide bonds. The maximum absolute atomic E-state index is 6.30. The highest BCUT2D eigenvalue weighted by molar-refractivity contribution is 8.13. The summed E-state index contributed by atoms with van der Waals surface area (Å²) < 4.78 is 0. The van der Waals surface area contributed by atoms with Crippen LogP contribution in [0.3, 0.4) is 0 Å². The summed E-state index contributed by atoms with van der Waals surface area (Å²) in [5, 5.41) is 8.63. The van der Waals surface area contributed by atoms with Crippen LogP contribution in [0, 0.1) is 13.8 Å². The van der Waals surface area contributed by atoms with Crippen LogP contribution < -0.4 is 10.9 Å². The number of hydrazine groups is 1. The van der Waals surface area contributed by atoms with E-state index in [1.807, 2.05) is 18.2 Å². The minimum Gasteiger partial charge on any atom is -0.306 e. The molecule has 1 saturated heterocycles. The van der Waals surface area contributed by atoms with E-state index in [1.165, 1.54) is 16.7 Å². The van der Waals surface area contributed by atoms with Gasteiger partial charge in [-0.3, -0.25) is 5.43 Å². The third-order valence-corrected chi connectivity index (χ3v) is 7.34. The molecule has 3 heterocycles. The Morgan fingerprint density at radius 2 is 2.00 bits per heavy atom. The smallest absolute Gasteiger partial charge is 0.189 e. The normalized spacial score (nSPS) is 24.9. The zero-order valence-electron chi connectivity index (χ0n) is 16.5. The van der Waals surface area contributed by atoms with Crippen molar-refractivity contribution < 1.29 is 0 Å². The molecule has 1 fully saturated rings. The molecule has 29 heavy (non-hydrogen) atoms. The van der Waals surface area contributed by atoms with Gasteiger partial charge in [0.1, 0.15) is 6.17 Å². The second kappa shape index (κ2) is 7.59. The Morgan fingerprint density at radius 3 is 2.83 bits per heavy atom. The first-order valence-electron chi connectivity index (χ1n) is 9.88. The fraction of sp³-hybridized carbons (Fsp3) is 0.318. The highest BCUT2D eigenvalue weighted by Gasteiger charge is 2.44. The van der Waals surface area contributed by atoms with Gasteiger partial charge < -0.3 is 9.91 Å². The molecule has 5 nitrogen and oxygen atoms in total. The Balaban J connectivity index is 1.27. The molecule has 0 bridgehead atoms. The lowest BCUT2D eigenvalue weighted by molar-refractivity contribution is 0.152. The number of aryl methyl sites for hydroxylation is 2. The minimum atomic E-state index is 0.137. The molecule has 3 unspecified atom stereocenters. The third-order valence-electron chi connectivity index (χ3n) is 5.95. The van der Waals surface area contributed by atoms with Gasteiger partial charge >= 0.3 is 0 Å². The standard InChI is InChI=1S/C22H24ClN5S/c1-14-7-8-16(11-15(14)2)19-12-20-21-24-25-22(27(21)9-10-28(20)26-19)29-13-17-5-3-4-6-18(17)23/h3-11,19-21,24,26H,12-13H2,1-2H3. The van der Waals surface area contributed by atoms with Crippen LogP contribution in [-0.2, 0) is 5.75 Å². The molecule has 0 aliphatic carbocycles. The zero-order valence-corrected chi connectivity index (χ0v) is 18.0. The van der Waals surface area contributed by atoms with E-state index in [0.717, 1.165) is 27.9 Å². The number of nitrogens with one attached hydrogen (secondary N) is 2. The summed E-state index contributed by atoms with van der Waals surface area (Å²) in [7, 11) is 0. The van der Waals surface area contributed by atoms with Crippen molar-refractivity contribution in [3.05, 3.63) is 82.1 Å². The summed E-state index contributed by atoms with van der Waals surface area (Å²) in [4.78, 5) is 2.24. The van der Waals surface area contributed by atoms with E-state index in [4.69, 9.17) is 11.6 Å². The van der Waals surface area contributed by atoms with E-state index in [9.17, 15) is 0 Å². The highest BCUT2D eigenvalue weighted by Crippen LogP contribution is 2.36. The second-order valence-electron chi connectivity index (χ2n) is 7.79. The SMILES string of the molecule is Cc1ccc(C2CC3C4NN=C(SCc5ccccc5Cl)N4C=CN3N2)cc1C. The lowest BCUT2D eigenvalue weighted by atomic mass is 9.97. The molecule has 0 saturated carbocycles. The first-order valence-corrected chi connectivity index (χ1v) is 11.2. The van der Waals surface area contributed by atoms with Gasteiger partial charge in [-0.2, -0.15) is 5.10 Å². The second-order valence-corrected chi connectivity index (χ2v) is 9.14. The van der Waals surface area contributed by atoms with E-state index in [-0.39, 0.29) is 6.17 Å². The van der Waals surface area contributed by atoms with Gasteiger partial charge in [-0.25, -0.2) is 5.43 Å². The van der Waals surface area contributed by atoms with Gasteiger partial charge in [0, 0.05) is 23.2 Å². The molecule has 3 aliphatic rings. The lowest BCUT2D eigenvalue weighted by Crippen LogP contribution is -2.54. The lowest BCUT2D eigenvalue weighted by Gasteiger charge is -2.36. The van der Waals surface area contributed by atoms with E-state index < -0.39 is 0 Å². The number of hydrazone groups is 1. The van der Waals surface area contributed by atoms with Crippen molar-refractivity contribution in [2.75, 3.05) is 0 Å². The van der Waals surface area contributed by atoms with Gasteiger partial charge in [-0.1, -0.05) is 59.8 Å². The summed E-state index contributed by atoms with van der Waals surface area (Å²) in [5.41, 5.74) is 12.2. The van der Waals surface area contributed by atoms with E-state index in [1.54, 1.807) is 11.8 Å². The Hall–Kier alpha value is -2.15. The first kappa shape index (κ1) is 18.9. The fourth-order valence-corrected chi connectivity index (χ4v) is 5.37. The van der Waals surface area contributed by atoms with Crippen molar-refractivity contribution in [3.63, 3.8) is 0 Å². The molecule has 0 spiro atoms. The maximum atomic E-state index is 6.30. The van der Waals surface area contributed by atoms with Crippen LogP contribution in [0.1, 0.15) is 34.7 Å². The van der Waals surface area contributed by atoms with Crippen LogP contribution >= 0.6 is 23.4 Å². The maximum Gasteiger partial charge on any atom is 0.189 e. The first-order chi connectivity index (χ1) is 14.1. The predicted molar refractivity (Wildman–Crippen MR) is 120 cm³/mol. The summed E-state index contributed by atoms with van der Waals surface area (Å²) in [6.07, 6.45) is 5.40. The van der Waals surface area contributed by atoms with Gasteiger partial charge in [0.15, 0.2) is 5.17 Å². The molecular weight excluding hydrogens is 402 g/mol. The van der Waals surface area contributed by atoms with Crippen LogP contribution in [-0.4, -0.2) is 27.3 Å². The summed E-state index contributed by atoms with van der Waals surface area (Å²) in [6.45, 7) is 4.34.